The minimum absolute atomic E-state index is 0.000721. The van der Waals surface area contributed by atoms with Crippen LogP contribution in [-0.4, -0.2) is 35.3 Å². The van der Waals surface area contributed by atoms with Crippen LogP contribution in [0.1, 0.15) is 53.3 Å². The van der Waals surface area contributed by atoms with Crippen LogP contribution in [0, 0.1) is 11.7 Å². The Kier molecular flexibility index (Phi) is 6.75. The summed E-state index contributed by atoms with van der Waals surface area (Å²) in [6.07, 6.45) is 10.00. The second kappa shape index (κ2) is 9.68. The number of hydrogen-bond donors (Lipinski definition) is 2. The first-order valence-electron chi connectivity index (χ1n) is 10.5. The number of carbonyl (C=O) groups excluding carboxylic acids is 1. The standard InChI is InChI=1S/C23H27FN4O2S/c1-30-20-16(4-3-5-18(20)24)12-25-22-17(13-26-21(28-22)15-8-9-15)23(29)27-19(10-11-31-2)14-6-7-14/h3-5,10-11,13-15,19H,6-9,12H2,1-2H3,(H,27,29)(H,25,26,28)/b11-10+. The Morgan fingerprint density at radius 3 is 2.84 bits per heavy atom. The lowest BCUT2D eigenvalue weighted by Gasteiger charge is -2.17. The van der Waals surface area contributed by atoms with Crippen molar-refractivity contribution in [2.24, 2.45) is 5.92 Å². The Morgan fingerprint density at radius 1 is 1.35 bits per heavy atom. The van der Waals surface area contributed by atoms with Crippen molar-refractivity contribution in [2.45, 2.75) is 44.2 Å². The number of nitrogens with zero attached hydrogens (tertiary/aromatic N) is 2. The third kappa shape index (κ3) is 5.36. The van der Waals surface area contributed by atoms with Crippen LogP contribution in [0.3, 0.4) is 0 Å². The van der Waals surface area contributed by atoms with Gasteiger partial charge in [0.2, 0.25) is 0 Å². The molecule has 2 aliphatic carbocycles. The number of halogens is 1. The molecule has 0 saturated heterocycles. The van der Waals surface area contributed by atoms with Crippen LogP contribution >= 0.6 is 11.8 Å². The van der Waals surface area contributed by atoms with Gasteiger partial charge >= 0.3 is 0 Å². The first-order chi connectivity index (χ1) is 15.1. The first-order valence-corrected chi connectivity index (χ1v) is 11.8. The number of methoxy groups -OCH3 is 1. The highest BCUT2D eigenvalue weighted by molar-refractivity contribution is 8.01. The number of amides is 1. The van der Waals surface area contributed by atoms with Crippen molar-refractivity contribution < 1.29 is 13.9 Å². The van der Waals surface area contributed by atoms with Crippen molar-refractivity contribution in [3.05, 3.63) is 58.6 Å². The van der Waals surface area contributed by atoms with Gasteiger partial charge in [-0.25, -0.2) is 14.4 Å². The first kappa shape index (κ1) is 21.6. The molecule has 2 N–H and O–H groups in total. The summed E-state index contributed by atoms with van der Waals surface area (Å²) in [5.74, 6) is 1.59. The van der Waals surface area contributed by atoms with Gasteiger partial charge in [0.1, 0.15) is 17.2 Å². The normalized spacial score (nSPS) is 16.9. The number of nitrogens with one attached hydrogen (secondary N) is 2. The highest BCUT2D eigenvalue weighted by atomic mass is 32.2. The molecule has 1 heterocycles. The van der Waals surface area contributed by atoms with Crippen LogP contribution in [0.4, 0.5) is 10.2 Å². The molecule has 164 valence electrons. The summed E-state index contributed by atoms with van der Waals surface area (Å²) < 4.78 is 19.2. The molecule has 0 aliphatic heterocycles. The van der Waals surface area contributed by atoms with Crippen molar-refractivity contribution >= 4 is 23.5 Å². The SMILES string of the molecule is COc1c(F)cccc1CNc1nc(C2CC2)ncc1C(=O)NC(/C=C/SC)C1CC1. The Labute approximate surface area is 186 Å². The zero-order valence-electron chi connectivity index (χ0n) is 17.7. The van der Waals surface area contributed by atoms with Crippen LogP contribution in [0.5, 0.6) is 5.75 Å². The van der Waals surface area contributed by atoms with Gasteiger partial charge in [0.05, 0.1) is 13.2 Å². The fourth-order valence-electron chi connectivity index (χ4n) is 3.51. The molecule has 1 unspecified atom stereocenters. The molecule has 2 aliphatic rings. The Hall–Kier alpha value is -2.61. The lowest BCUT2D eigenvalue weighted by molar-refractivity contribution is 0.0941. The van der Waals surface area contributed by atoms with Gasteiger partial charge in [0.15, 0.2) is 11.6 Å². The highest BCUT2D eigenvalue weighted by Gasteiger charge is 2.32. The van der Waals surface area contributed by atoms with E-state index in [0.717, 1.165) is 31.5 Å². The monoisotopic (exact) mass is 442 g/mol. The van der Waals surface area contributed by atoms with Crippen LogP contribution in [0.2, 0.25) is 0 Å². The van der Waals surface area contributed by atoms with Crippen molar-refractivity contribution in [1.29, 1.82) is 0 Å². The highest BCUT2D eigenvalue weighted by Crippen LogP contribution is 2.38. The number of rotatable bonds is 10. The molecule has 31 heavy (non-hydrogen) atoms. The van der Waals surface area contributed by atoms with E-state index in [-0.39, 0.29) is 24.2 Å². The van der Waals surface area contributed by atoms with Crippen molar-refractivity contribution in [2.75, 3.05) is 18.7 Å². The molecule has 2 saturated carbocycles. The van der Waals surface area contributed by atoms with Crippen LogP contribution < -0.4 is 15.4 Å². The molecule has 8 heteroatoms. The van der Waals surface area contributed by atoms with E-state index in [1.54, 1.807) is 30.1 Å². The number of carbonyl (C=O) groups is 1. The predicted molar refractivity (Wildman–Crippen MR) is 121 cm³/mol. The maximum atomic E-state index is 14.0. The number of ether oxygens (including phenoxy) is 1. The van der Waals surface area contributed by atoms with Crippen LogP contribution in [-0.2, 0) is 6.54 Å². The van der Waals surface area contributed by atoms with Gasteiger partial charge in [0.25, 0.3) is 5.91 Å². The zero-order valence-corrected chi connectivity index (χ0v) is 18.5. The van der Waals surface area contributed by atoms with Crippen LogP contribution in [0.25, 0.3) is 0 Å². The van der Waals surface area contributed by atoms with Gasteiger partial charge in [-0.05, 0) is 49.3 Å². The third-order valence-corrected chi connectivity index (χ3v) is 5.97. The quantitative estimate of drug-likeness (QED) is 0.564. The molecule has 1 aromatic heterocycles. The van der Waals surface area contributed by atoms with Gasteiger partial charge in [0, 0.05) is 24.2 Å². The fourth-order valence-corrected chi connectivity index (χ4v) is 3.83. The molecule has 1 aromatic carbocycles. The fraction of sp³-hybridized carbons (Fsp3) is 0.435. The van der Waals surface area contributed by atoms with Gasteiger partial charge in [-0.15, -0.1) is 11.8 Å². The largest absolute Gasteiger partial charge is 0.493 e. The molecule has 0 spiro atoms. The van der Waals surface area contributed by atoms with Crippen molar-refractivity contribution in [3.8, 4) is 5.75 Å². The van der Waals surface area contributed by atoms with Gasteiger partial charge in [-0.1, -0.05) is 18.2 Å². The maximum absolute atomic E-state index is 14.0. The maximum Gasteiger partial charge on any atom is 0.257 e. The molecular formula is C23H27FN4O2S. The van der Waals surface area contributed by atoms with E-state index in [9.17, 15) is 9.18 Å². The second-order valence-electron chi connectivity index (χ2n) is 7.95. The predicted octanol–water partition coefficient (Wildman–Crippen LogP) is 4.50. The molecule has 1 amide bonds. The van der Waals surface area contributed by atoms with Gasteiger partial charge in [-0.2, -0.15) is 0 Å². The number of aromatic nitrogens is 2. The molecular weight excluding hydrogens is 415 g/mol. The summed E-state index contributed by atoms with van der Waals surface area (Å²) in [5, 5.41) is 8.34. The summed E-state index contributed by atoms with van der Waals surface area (Å²) in [5.41, 5.74) is 1.04. The Balaban J connectivity index is 1.56. The molecule has 1 atom stereocenters. The minimum Gasteiger partial charge on any atom is -0.493 e. The molecule has 2 aromatic rings. The number of hydrogen-bond acceptors (Lipinski definition) is 6. The number of benzene rings is 1. The average Bonchev–Trinajstić information content (AvgIpc) is 3.67. The summed E-state index contributed by atoms with van der Waals surface area (Å²) >= 11 is 1.61. The Bertz CT molecular complexity index is 976. The van der Waals surface area contributed by atoms with Gasteiger partial charge in [-0.3, -0.25) is 4.79 Å². The lowest BCUT2D eigenvalue weighted by Crippen LogP contribution is -2.35. The van der Waals surface area contributed by atoms with Crippen LogP contribution in [0.15, 0.2) is 35.9 Å². The smallest absolute Gasteiger partial charge is 0.257 e. The molecule has 2 fully saturated rings. The number of thioether (sulfide) groups is 1. The van der Waals surface area contributed by atoms with E-state index in [0.29, 0.717) is 28.8 Å². The van der Waals surface area contributed by atoms with E-state index in [1.165, 1.54) is 13.2 Å². The zero-order chi connectivity index (χ0) is 21.8. The molecule has 0 radical (unpaired) electrons. The summed E-state index contributed by atoms with van der Waals surface area (Å²) in [4.78, 5) is 22.2. The summed E-state index contributed by atoms with van der Waals surface area (Å²) in [7, 11) is 1.44. The topological polar surface area (TPSA) is 76.1 Å². The van der Waals surface area contributed by atoms with Crippen molar-refractivity contribution in [3.63, 3.8) is 0 Å². The number of anilines is 1. The van der Waals surface area contributed by atoms with Gasteiger partial charge < -0.3 is 15.4 Å². The summed E-state index contributed by atoms with van der Waals surface area (Å²) in [6.45, 7) is 0.279. The average molecular weight is 443 g/mol. The summed E-state index contributed by atoms with van der Waals surface area (Å²) in [6, 6.07) is 4.78. The van der Waals surface area contributed by atoms with Crippen molar-refractivity contribution in [1.82, 2.24) is 15.3 Å². The van der Waals surface area contributed by atoms with E-state index in [2.05, 4.69) is 20.6 Å². The third-order valence-electron chi connectivity index (χ3n) is 5.54. The second-order valence-corrected chi connectivity index (χ2v) is 8.69. The minimum atomic E-state index is -0.422. The molecule has 6 nitrogen and oxygen atoms in total. The Morgan fingerprint density at radius 2 is 2.16 bits per heavy atom. The number of para-hydroxylation sites is 1. The van der Waals surface area contributed by atoms with E-state index in [1.807, 2.05) is 17.7 Å². The van der Waals surface area contributed by atoms with E-state index in [4.69, 9.17) is 4.74 Å². The molecule has 0 bridgehead atoms. The molecule has 4 rings (SSSR count). The van der Waals surface area contributed by atoms with E-state index < -0.39 is 5.82 Å². The van der Waals surface area contributed by atoms with E-state index >= 15 is 0 Å². The lowest BCUT2D eigenvalue weighted by atomic mass is 10.1.